The van der Waals surface area contributed by atoms with Crippen molar-refractivity contribution in [2.75, 3.05) is 19.3 Å². The van der Waals surface area contributed by atoms with Gasteiger partial charge in [-0.1, -0.05) is 41.4 Å². The summed E-state index contributed by atoms with van der Waals surface area (Å²) in [6.45, 7) is 2.33. The highest BCUT2D eigenvalue weighted by Crippen LogP contribution is 2.27. The molecule has 1 heterocycles. The van der Waals surface area contributed by atoms with E-state index in [2.05, 4.69) is 5.32 Å². The third-order valence-corrected chi connectivity index (χ3v) is 9.28. The SMILES string of the molecule is C[C@H](NC(=O)C1CCN(S(=O)(=O)Cc2ccc(Cl)cc2Cl)CC1)c1ccc(S(C)(=O)=O)cc1. The number of benzene rings is 2. The zero-order valence-corrected chi connectivity index (χ0v) is 21.4. The summed E-state index contributed by atoms with van der Waals surface area (Å²) < 4.78 is 50.2. The van der Waals surface area contributed by atoms with Gasteiger partial charge in [0, 0.05) is 35.3 Å². The largest absolute Gasteiger partial charge is 0.349 e. The molecule has 1 aliphatic rings. The lowest BCUT2D eigenvalue weighted by Crippen LogP contribution is -2.43. The number of nitrogens with one attached hydrogen (secondary N) is 1. The molecule has 1 amide bonds. The minimum Gasteiger partial charge on any atom is -0.349 e. The molecule has 0 spiro atoms. The summed E-state index contributed by atoms with van der Waals surface area (Å²) in [6, 6.07) is 10.8. The third-order valence-electron chi connectivity index (χ3n) is 5.74. The number of carbonyl (C=O) groups excluding carboxylic acids is 1. The van der Waals surface area contributed by atoms with Crippen LogP contribution in [0.4, 0.5) is 0 Å². The third kappa shape index (κ3) is 6.70. The molecule has 1 saturated heterocycles. The molecule has 11 heteroatoms. The topological polar surface area (TPSA) is 101 Å². The lowest BCUT2D eigenvalue weighted by atomic mass is 9.96. The van der Waals surface area contributed by atoms with Gasteiger partial charge in [0.2, 0.25) is 15.9 Å². The van der Waals surface area contributed by atoms with Gasteiger partial charge in [-0.05, 0) is 55.2 Å². The highest BCUT2D eigenvalue weighted by Gasteiger charge is 2.32. The summed E-state index contributed by atoms with van der Waals surface area (Å²) in [5.41, 5.74) is 1.27. The molecule has 0 unspecified atom stereocenters. The van der Waals surface area contributed by atoms with Crippen LogP contribution in [0.15, 0.2) is 47.4 Å². The smallest absolute Gasteiger partial charge is 0.223 e. The quantitative estimate of drug-likeness (QED) is 0.584. The molecule has 2 aromatic carbocycles. The number of piperidine rings is 1. The molecule has 33 heavy (non-hydrogen) atoms. The first-order chi connectivity index (χ1) is 15.4. The number of sulfone groups is 1. The maximum atomic E-state index is 12.8. The fourth-order valence-corrected chi connectivity index (χ4v) is 6.52. The van der Waals surface area contributed by atoms with Crippen molar-refractivity contribution in [3.63, 3.8) is 0 Å². The highest BCUT2D eigenvalue weighted by atomic mass is 35.5. The van der Waals surface area contributed by atoms with Crippen LogP contribution in [0.5, 0.6) is 0 Å². The lowest BCUT2D eigenvalue weighted by molar-refractivity contribution is -0.126. The van der Waals surface area contributed by atoms with E-state index in [1.54, 1.807) is 24.3 Å². The summed E-state index contributed by atoms with van der Waals surface area (Å²) in [4.78, 5) is 12.9. The monoisotopic (exact) mass is 532 g/mol. The first kappa shape index (κ1) is 26.0. The minimum atomic E-state index is -3.58. The molecule has 180 valence electrons. The predicted octanol–water partition coefficient (Wildman–Crippen LogP) is 3.82. The lowest BCUT2D eigenvalue weighted by Gasteiger charge is -2.31. The molecule has 2 aromatic rings. The Balaban J connectivity index is 1.56. The predicted molar refractivity (Wildman–Crippen MR) is 129 cm³/mol. The average molecular weight is 533 g/mol. The molecule has 1 aliphatic heterocycles. The van der Waals surface area contributed by atoms with Crippen LogP contribution >= 0.6 is 23.2 Å². The Kier molecular flexibility index (Phi) is 8.11. The van der Waals surface area contributed by atoms with Crippen molar-refractivity contribution in [3.05, 3.63) is 63.6 Å². The molecular weight excluding hydrogens is 507 g/mol. The maximum absolute atomic E-state index is 12.8. The van der Waals surface area contributed by atoms with Crippen LogP contribution in [0.1, 0.15) is 36.9 Å². The molecule has 0 bridgehead atoms. The Morgan fingerprint density at radius 1 is 1.06 bits per heavy atom. The van der Waals surface area contributed by atoms with Gasteiger partial charge in [0.05, 0.1) is 16.7 Å². The van der Waals surface area contributed by atoms with Crippen molar-refractivity contribution in [2.24, 2.45) is 5.92 Å². The Hall–Kier alpha value is -1.65. The van der Waals surface area contributed by atoms with E-state index in [4.69, 9.17) is 23.2 Å². The average Bonchev–Trinajstić information content (AvgIpc) is 2.75. The van der Waals surface area contributed by atoms with Gasteiger partial charge in [0.15, 0.2) is 9.84 Å². The van der Waals surface area contributed by atoms with E-state index < -0.39 is 19.9 Å². The van der Waals surface area contributed by atoms with E-state index in [9.17, 15) is 21.6 Å². The van der Waals surface area contributed by atoms with Gasteiger partial charge in [-0.15, -0.1) is 0 Å². The minimum absolute atomic E-state index is 0.146. The first-order valence-corrected chi connectivity index (χ1v) is 14.6. The zero-order valence-electron chi connectivity index (χ0n) is 18.3. The molecule has 0 aromatic heterocycles. The van der Waals surface area contributed by atoms with Crippen LogP contribution in [0.3, 0.4) is 0 Å². The second kappa shape index (κ2) is 10.3. The second-order valence-electron chi connectivity index (χ2n) is 8.24. The number of hydrogen-bond donors (Lipinski definition) is 1. The van der Waals surface area contributed by atoms with Gasteiger partial charge in [-0.3, -0.25) is 4.79 Å². The standard InChI is InChI=1S/C22H26Cl2N2O5S2/c1-15(16-4-7-20(8-5-16)32(2,28)29)25-22(27)17-9-11-26(12-10-17)33(30,31)14-18-3-6-19(23)13-21(18)24/h3-8,13,15,17H,9-12,14H2,1-2H3,(H,25,27)/t15-/m0/s1. The van der Waals surface area contributed by atoms with E-state index in [1.165, 1.54) is 22.5 Å². The summed E-state index contributed by atoms with van der Waals surface area (Å²) >= 11 is 12.0. The van der Waals surface area contributed by atoms with Crippen LogP contribution < -0.4 is 5.32 Å². The van der Waals surface area contributed by atoms with E-state index in [1.807, 2.05) is 6.92 Å². The zero-order chi connectivity index (χ0) is 24.4. The van der Waals surface area contributed by atoms with Crippen molar-refractivity contribution >= 4 is 49.0 Å². The van der Waals surface area contributed by atoms with E-state index in [0.29, 0.717) is 28.5 Å². The van der Waals surface area contributed by atoms with Gasteiger partial charge < -0.3 is 5.32 Å². The van der Waals surface area contributed by atoms with Crippen molar-refractivity contribution in [2.45, 2.75) is 36.5 Å². The number of sulfonamides is 1. The Morgan fingerprint density at radius 3 is 2.21 bits per heavy atom. The highest BCUT2D eigenvalue weighted by molar-refractivity contribution is 7.90. The molecule has 7 nitrogen and oxygen atoms in total. The normalized spacial score (nSPS) is 17.0. The summed E-state index contributed by atoms with van der Waals surface area (Å²) in [5, 5.41) is 3.69. The maximum Gasteiger partial charge on any atom is 0.223 e. The van der Waals surface area contributed by atoms with Crippen molar-refractivity contribution in [1.82, 2.24) is 9.62 Å². The fourth-order valence-electron chi connectivity index (χ4n) is 3.74. The van der Waals surface area contributed by atoms with Gasteiger partial charge in [0.1, 0.15) is 0 Å². The summed E-state index contributed by atoms with van der Waals surface area (Å²) in [5.74, 6) is -0.666. The summed E-state index contributed by atoms with van der Waals surface area (Å²) in [6.07, 6.45) is 1.97. The van der Waals surface area contributed by atoms with E-state index in [-0.39, 0.29) is 41.6 Å². The molecule has 1 N–H and O–H groups in total. The number of hydrogen-bond acceptors (Lipinski definition) is 5. The number of nitrogens with zero attached hydrogens (tertiary/aromatic N) is 1. The van der Waals surface area contributed by atoms with Crippen LogP contribution in [0.2, 0.25) is 10.0 Å². The number of amides is 1. The van der Waals surface area contributed by atoms with Crippen LogP contribution in [0, 0.1) is 5.92 Å². The van der Waals surface area contributed by atoms with Gasteiger partial charge in [-0.2, -0.15) is 0 Å². The number of rotatable bonds is 7. The van der Waals surface area contributed by atoms with Crippen molar-refractivity contribution in [1.29, 1.82) is 0 Å². The van der Waals surface area contributed by atoms with E-state index >= 15 is 0 Å². The van der Waals surface area contributed by atoms with Crippen LogP contribution in [-0.4, -0.2) is 46.4 Å². The van der Waals surface area contributed by atoms with Gasteiger partial charge >= 0.3 is 0 Å². The van der Waals surface area contributed by atoms with Gasteiger partial charge in [-0.25, -0.2) is 21.1 Å². The van der Waals surface area contributed by atoms with Crippen molar-refractivity contribution < 1.29 is 21.6 Å². The molecule has 0 radical (unpaired) electrons. The second-order valence-corrected chi connectivity index (χ2v) is 13.1. The molecule has 1 fully saturated rings. The fraction of sp³-hybridized carbons (Fsp3) is 0.409. The van der Waals surface area contributed by atoms with Crippen molar-refractivity contribution in [3.8, 4) is 0 Å². The molecule has 3 rings (SSSR count). The molecule has 0 aliphatic carbocycles. The molecule has 0 saturated carbocycles. The Labute approximate surface area is 205 Å². The number of halogens is 2. The molecule has 1 atom stereocenters. The van der Waals surface area contributed by atoms with Crippen LogP contribution in [-0.2, 0) is 30.4 Å². The van der Waals surface area contributed by atoms with E-state index in [0.717, 1.165) is 11.8 Å². The van der Waals surface area contributed by atoms with Gasteiger partial charge in [0.25, 0.3) is 0 Å². The first-order valence-electron chi connectivity index (χ1n) is 10.4. The number of carbonyl (C=O) groups is 1. The Morgan fingerprint density at radius 2 is 1.67 bits per heavy atom. The summed E-state index contributed by atoms with van der Waals surface area (Å²) in [7, 11) is -6.86. The Bertz CT molecular complexity index is 1220. The molecular formula is C22H26Cl2N2O5S2. The van der Waals surface area contributed by atoms with Crippen LogP contribution in [0.25, 0.3) is 0 Å².